The van der Waals surface area contributed by atoms with E-state index in [9.17, 15) is 4.39 Å². The number of likely N-dealkylation sites (N-methyl/N-ethyl adjacent to an activating group) is 1. The van der Waals surface area contributed by atoms with Crippen LogP contribution in [0.25, 0.3) is 0 Å². The fraction of sp³-hybridized carbons (Fsp3) is 0.267. The molecule has 0 bridgehead atoms. The van der Waals surface area contributed by atoms with Crippen molar-refractivity contribution in [2.45, 2.75) is 12.6 Å². The van der Waals surface area contributed by atoms with Crippen LogP contribution in [0.2, 0.25) is 5.02 Å². The summed E-state index contributed by atoms with van der Waals surface area (Å²) in [5.74, 6) is -0.328. The van der Waals surface area contributed by atoms with Gasteiger partial charge in [-0.3, -0.25) is 9.88 Å². The van der Waals surface area contributed by atoms with Gasteiger partial charge in [0.1, 0.15) is 5.82 Å². The second kappa shape index (κ2) is 6.79. The second-order valence-electron chi connectivity index (χ2n) is 4.66. The summed E-state index contributed by atoms with van der Waals surface area (Å²) in [6.07, 6.45) is 3.50. The molecule has 1 aromatic carbocycles. The Hall–Kier alpha value is -1.49. The first-order valence-corrected chi connectivity index (χ1v) is 6.74. The molecule has 0 fully saturated rings. The molecule has 3 nitrogen and oxygen atoms in total. The third-order valence-corrected chi connectivity index (χ3v) is 3.57. The summed E-state index contributed by atoms with van der Waals surface area (Å²) in [5, 5.41) is 0.401. The average Bonchev–Trinajstić information content (AvgIpc) is 2.44. The fourth-order valence-electron chi connectivity index (χ4n) is 2.24. The lowest BCUT2D eigenvalue weighted by molar-refractivity contribution is 0.236. The second-order valence-corrected chi connectivity index (χ2v) is 5.07. The summed E-state index contributed by atoms with van der Waals surface area (Å²) >= 11 is 6.12. The van der Waals surface area contributed by atoms with Crippen molar-refractivity contribution < 1.29 is 4.39 Å². The molecule has 0 saturated heterocycles. The maximum Gasteiger partial charge on any atom is 0.129 e. The predicted molar refractivity (Wildman–Crippen MR) is 78.9 cm³/mol. The van der Waals surface area contributed by atoms with Crippen LogP contribution in [0, 0.1) is 5.82 Å². The third-order valence-electron chi connectivity index (χ3n) is 3.24. The van der Waals surface area contributed by atoms with E-state index in [-0.39, 0.29) is 18.4 Å². The molecule has 0 saturated carbocycles. The molecule has 0 amide bonds. The molecule has 2 N–H and O–H groups in total. The van der Waals surface area contributed by atoms with E-state index in [2.05, 4.69) is 4.98 Å². The van der Waals surface area contributed by atoms with Crippen molar-refractivity contribution in [2.24, 2.45) is 5.73 Å². The average molecular weight is 294 g/mol. The van der Waals surface area contributed by atoms with Crippen molar-refractivity contribution in [3.05, 3.63) is 64.7 Å². The van der Waals surface area contributed by atoms with E-state index in [0.717, 1.165) is 5.56 Å². The van der Waals surface area contributed by atoms with E-state index in [1.54, 1.807) is 24.5 Å². The van der Waals surface area contributed by atoms with Gasteiger partial charge in [-0.25, -0.2) is 4.39 Å². The standard InChI is InChI=1S/C15H17ClFN3/c1-20(10-11-4-3-7-19-9-11)14(8-18)15-12(16)5-2-6-13(15)17/h2-7,9,14H,8,10,18H2,1H3. The zero-order valence-electron chi connectivity index (χ0n) is 11.3. The van der Waals surface area contributed by atoms with Gasteiger partial charge in [0.2, 0.25) is 0 Å². The van der Waals surface area contributed by atoms with Gasteiger partial charge in [-0.15, -0.1) is 0 Å². The first-order chi connectivity index (χ1) is 9.63. The Bertz CT molecular complexity index is 542. The van der Waals surface area contributed by atoms with Crippen LogP contribution >= 0.6 is 11.6 Å². The fourth-order valence-corrected chi connectivity index (χ4v) is 2.53. The number of nitrogens with two attached hydrogens (primary N) is 1. The van der Waals surface area contributed by atoms with Gasteiger partial charge in [-0.1, -0.05) is 23.7 Å². The predicted octanol–water partition coefficient (Wildman–Crippen LogP) is 3.01. The Morgan fingerprint density at radius 3 is 2.75 bits per heavy atom. The summed E-state index contributed by atoms with van der Waals surface area (Å²) in [7, 11) is 1.90. The van der Waals surface area contributed by atoms with E-state index in [0.29, 0.717) is 17.1 Å². The molecule has 106 valence electrons. The maximum atomic E-state index is 14.0. The molecule has 0 aliphatic carbocycles. The zero-order valence-corrected chi connectivity index (χ0v) is 12.0. The Morgan fingerprint density at radius 2 is 2.15 bits per heavy atom. The molecular formula is C15H17ClFN3. The van der Waals surface area contributed by atoms with Gasteiger partial charge in [0, 0.05) is 36.1 Å². The van der Waals surface area contributed by atoms with Crippen molar-refractivity contribution in [3.8, 4) is 0 Å². The monoisotopic (exact) mass is 293 g/mol. The Balaban J connectivity index is 2.24. The van der Waals surface area contributed by atoms with Crippen LogP contribution in [0.3, 0.4) is 0 Å². The molecule has 0 aliphatic rings. The molecule has 0 aliphatic heterocycles. The largest absolute Gasteiger partial charge is 0.329 e. The third kappa shape index (κ3) is 3.33. The number of halogens is 2. The summed E-state index contributed by atoms with van der Waals surface area (Å²) in [4.78, 5) is 6.05. The first kappa shape index (κ1) is 14.9. The summed E-state index contributed by atoms with van der Waals surface area (Å²) in [6.45, 7) is 0.914. The van der Waals surface area contributed by atoms with E-state index >= 15 is 0 Å². The van der Waals surface area contributed by atoms with Crippen LogP contribution < -0.4 is 5.73 Å². The van der Waals surface area contributed by atoms with Crippen molar-refractivity contribution in [1.29, 1.82) is 0 Å². The van der Waals surface area contributed by atoms with Crippen LogP contribution in [0.1, 0.15) is 17.2 Å². The lowest BCUT2D eigenvalue weighted by Crippen LogP contribution is -2.31. The zero-order chi connectivity index (χ0) is 14.5. The highest BCUT2D eigenvalue weighted by molar-refractivity contribution is 6.31. The number of hydrogen-bond donors (Lipinski definition) is 1. The highest BCUT2D eigenvalue weighted by atomic mass is 35.5. The van der Waals surface area contributed by atoms with Gasteiger partial charge < -0.3 is 5.73 Å². The van der Waals surface area contributed by atoms with Crippen molar-refractivity contribution >= 4 is 11.6 Å². The highest BCUT2D eigenvalue weighted by Crippen LogP contribution is 2.29. The lowest BCUT2D eigenvalue weighted by Gasteiger charge is -2.28. The van der Waals surface area contributed by atoms with E-state index in [4.69, 9.17) is 17.3 Å². The molecule has 1 heterocycles. The molecule has 20 heavy (non-hydrogen) atoms. The van der Waals surface area contributed by atoms with Gasteiger partial charge >= 0.3 is 0 Å². The minimum atomic E-state index is -0.328. The van der Waals surface area contributed by atoms with Gasteiger partial charge in [-0.05, 0) is 30.8 Å². The minimum Gasteiger partial charge on any atom is -0.329 e. The molecule has 1 atom stereocenters. The van der Waals surface area contributed by atoms with E-state index in [1.807, 2.05) is 24.1 Å². The van der Waals surface area contributed by atoms with Crippen LogP contribution in [0.5, 0.6) is 0 Å². The van der Waals surface area contributed by atoms with Crippen molar-refractivity contribution in [1.82, 2.24) is 9.88 Å². The normalized spacial score (nSPS) is 12.7. The van der Waals surface area contributed by atoms with Gasteiger partial charge in [-0.2, -0.15) is 0 Å². The first-order valence-electron chi connectivity index (χ1n) is 6.36. The molecule has 2 aromatic rings. The summed E-state index contributed by atoms with van der Waals surface area (Å²) < 4.78 is 14.0. The Labute approximate surface area is 123 Å². The molecule has 1 unspecified atom stereocenters. The Morgan fingerprint density at radius 1 is 1.35 bits per heavy atom. The smallest absolute Gasteiger partial charge is 0.129 e. The number of aromatic nitrogens is 1. The maximum absolute atomic E-state index is 14.0. The SMILES string of the molecule is CN(Cc1cccnc1)C(CN)c1c(F)cccc1Cl. The molecule has 5 heteroatoms. The van der Waals surface area contributed by atoms with Crippen LogP contribution in [0.4, 0.5) is 4.39 Å². The number of hydrogen-bond acceptors (Lipinski definition) is 3. The quantitative estimate of drug-likeness (QED) is 0.921. The topological polar surface area (TPSA) is 42.2 Å². The number of pyridine rings is 1. The number of benzene rings is 1. The molecule has 0 radical (unpaired) electrons. The molecule has 0 spiro atoms. The van der Waals surface area contributed by atoms with Crippen molar-refractivity contribution in [2.75, 3.05) is 13.6 Å². The minimum absolute atomic E-state index is 0.274. The summed E-state index contributed by atoms with van der Waals surface area (Å²) in [6, 6.07) is 8.25. The van der Waals surface area contributed by atoms with E-state index < -0.39 is 0 Å². The van der Waals surface area contributed by atoms with Crippen LogP contribution in [-0.2, 0) is 6.54 Å². The number of rotatable bonds is 5. The molecule has 1 aromatic heterocycles. The van der Waals surface area contributed by atoms with Gasteiger partial charge in [0.15, 0.2) is 0 Å². The van der Waals surface area contributed by atoms with Crippen LogP contribution in [0.15, 0.2) is 42.7 Å². The lowest BCUT2D eigenvalue weighted by atomic mass is 10.0. The molecule has 2 rings (SSSR count). The van der Waals surface area contributed by atoms with Gasteiger partial charge in [0.05, 0.1) is 6.04 Å². The van der Waals surface area contributed by atoms with Crippen molar-refractivity contribution in [3.63, 3.8) is 0 Å². The molecular weight excluding hydrogens is 277 g/mol. The van der Waals surface area contributed by atoms with E-state index in [1.165, 1.54) is 6.07 Å². The summed E-state index contributed by atoms with van der Waals surface area (Å²) in [5.41, 5.74) is 7.30. The van der Waals surface area contributed by atoms with Crippen LogP contribution in [-0.4, -0.2) is 23.5 Å². The Kier molecular flexibility index (Phi) is 5.06. The van der Waals surface area contributed by atoms with Gasteiger partial charge in [0.25, 0.3) is 0 Å². The highest BCUT2D eigenvalue weighted by Gasteiger charge is 2.21. The number of nitrogens with zero attached hydrogens (tertiary/aromatic N) is 2.